The highest BCUT2D eigenvalue weighted by atomic mass is 16.6. The van der Waals surface area contributed by atoms with Crippen molar-refractivity contribution in [3.05, 3.63) is 35.9 Å². The third kappa shape index (κ3) is 9.99. The first kappa shape index (κ1) is 20.6. The summed E-state index contributed by atoms with van der Waals surface area (Å²) in [6.07, 6.45) is 0.395. The highest BCUT2D eigenvalue weighted by Crippen LogP contribution is 2.11. The predicted molar refractivity (Wildman–Crippen MR) is 80.0 cm³/mol. The third-order valence-corrected chi connectivity index (χ3v) is 2.31. The SMILES string of the molecule is CC(C)(C)OC(=O)[C@@H](Cc1ccccc1)NO.O=C(O)C(=O)O. The molecule has 0 radical (unpaired) electrons. The Hall–Kier alpha value is -2.45. The summed E-state index contributed by atoms with van der Waals surface area (Å²) in [5.41, 5.74) is 2.41. The number of ether oxygens (including phenoxy) is 1. The summed E-state index contributed by atoms with van der Waals surface area (Å²) in [5.74, 6) is -4.10. The number of carboxylic acid groups (broad SMARTS) is 2. The van der Waals surface area contributed by atoms with Crippen molar-refractivity contribution in [3.63, 3.8) is 0 Å². The zero-order valence-electron chi connectivity index (χ0n) is 13.1. The molecule has 23 heavy (non-hydrogen) atoms. The van der Waals surface area contributed by atoms with Crippen molar-refractivity contribution in [3.8, 4) is 0 Å². The molecule has 0 aromatic heterocycles. The maximum atomic E-state index is 11.7. The lowest BCUT2D eigenvalue weighted by atomic mass is 10.1. The Kier molecular flexibility index (Phi) is 8.53. The Morgan fingerprint density at radius 1 is 1.09 bits per heavy atom. The van der Waals surface area contributed by atoms with Gasteiger partial charge in [0, 0.05) is 6.42 Å². The number of aliphatic carboxylic acids is 2. The Morgan fingerprint density at radius 2 is 1.57 bits per heavy atom. The van der Waals surface area contributed by atoms with Gasteiger partial charge in [0.25, 0.3) is 0 Å². The first-order valence-electron chi connectivity index (χ1n) is 6.69. The van der Waals surface area contributed by atoms with Gasteiger partial charge in [0.05, 0.1) is 0 Å². The van der Waals surface area contributed by atoms with E-state index in [1.165, 1.54) is 0 Å². The number of carbonyl (C=O) groups is 3. The van der Waals surface area contributed by atoms with Crippen molar-refractivity contribution in [2.24, 2.45) is 0 Å². The van der Waals surface area contributed by atoms with E-state index < -0.39 is 29.6 Å². The summed E-state index contributed by atoms with van der Waals surface area (Å²) >= 11 is 0. The molecule has 0 spiro atoms. The van der Waals surface area contributed by atoms with E-state index in [1.54, 1.807) is 20.8 Å². The molecule has 0 aliphatic carbocycles. The molecule has 0 saturated carbocycles. The van der Waals surface area contributed by atoms with Gasteiger partial charge in [0.15, 0.2) is 0 Å². The average molecular weight is 327 g/mol. The third-order valence-electron chi connectivity index (χ3n) is 2.31. The molecule has 0 unspecified atom stereocenters. The number of benzene rings is 1. The fraction of sp³-hybridized carbons (Fsp3) is 0.400. The topological polar surface area (TPSA) is 133 Å². The van der Waals surface area contributed by atoms with Crippen LogP contribution >= 0.6 is 0 Å². The lowest BCUT2D eigenvalue weighted by molar-refractivity contribution is -0.160. The minimum absolute atomic E-state index is 0.395. The Morgan fingerprint density at radius 3 is 1.91 bits per heavy atom. The van der Waals surface area contributed by atoms with E-state index in [2.05, 4.69) is 0 Å². The maximum absolute atomic E-state index is 11.7. The maximum Gasteiger partial charge on any atom is 0.414 e. The molecule has 128 valence electrons. The van der Waals surface area contributed by atoms with Crippen LogP contribution in [0.25, 0.3) is 0 Å². The number of carboxylic acids is 2. The number of carbonyl (C=O) groups excluding carboxylic acids is 1. The fourth-order valence-corrected chi connectivity index (χ4v) is 1.40. The van der Waals surface area contributed by atoms with Gasteiger partial charge in [-0.3, -0.25) is 4.79 Å². The molecular weight excluding hydrogens is 306 g/mol. The van der Waals surface area contributed by atoms with Crippen molar-refractivity contribution in [2.45, 2.75) is 38.8 Å². The standard InChI is InChI=1S/C13H19NO3.C2H2O4/c1-13(2,3)17-12(15)11(14-16)9-10-7-5-4-6-8-10;3-1(4)2(5)6/h4-8,11,14,16H,9H2,1-3H3;(H,3,4)(H,5,6)/t11-;/m1./s1. The smallest absolute Gasteiger partial charge is 0.414 e. The Bertz CT molecular complexity index is 510. The highest BCUT2D eigenvalue weighted by molar-refractivity contribution is 6.27. The number of nitrogens with one attached hydrogen (secondary N) is 1. The average Bonchev–Trinajstić information content (AvgIpc) is 2.44. The Labute approximate surface area is 133 Å². The second kappa shape index (κ2) is 9.54. The van der Waals surface area contributed by atoms with Crippen molar-refractivity contribution >= 4 is 17.9 Å². The molecule has 1 atom stereocenters. The summed E-state index contributed by atoms with van der Waals surface area (Å²) in [5, 5.41) is 23.8. The van der Waals surface area contributed by atoms with Crippen LogP contribution in [0.1, 0.15) is 26.3 Å². The van der Waals surface area contributed by atoms with Gasteiger partial charge in [-0.25, -0.2) is 9.59 Å². The number of hydrogen-bond donors (Lipinski definition) is 4. The molecule has 1 aromatic carbocycles. The van der Waals surface area contributed by atoms with Crippen molar-refractivity contribution < 1.29 is 34.5 Å². The minimum Gasteiger partial charge on any atom is -0.473 e. The Balaban J connectivity index is 0.000000688. The van der Waals surface area contributed by atoms with E-state index in [0.717, 1.165) is 5.56 Å². The van der Waals surface area contributed by atoms with Gasteiger partial charge in [-0.2, -0.15) is 5.48 Å². The molecule has 0 aliphatic rings. The van der Waals surface area contributed by atoms with E-state index in [1.807, 2.05) is 35.8 Å². The molecule has 0 heterocycles. The van der Waals surface area contributed by atoms with Gasteiger partial charge < -0.3 is 20.2 Å². The van der Waals surface area contributed by atoms with E-state index in [9.17, 15) is 4.79 Å². The number of rotatable bonds is 4. The lowest BCUT2D eigenvalue weighted by Crippen LogP contribution is -2.41. The molecular formula is C15H21NO7. The number of esters is 1. The zero-order valence-corrected chi connectivity index (χ0v) is 13.1. The molecule has 4 N–H and O–H groups in total. The van der Waals surface area contributed by atoms with Crippen LogP contribution in [0.15, 0.2) is 30.3 Å². The van der Waals surface area contributed by atoms with Gasteiger partial charge in [0.2, 0.25) is 0 Å². The van der Waals surface area contributed by atoms with Crippen LogP contribution < -0.4 is 5.48 Å². The first-order chi connectivity index (χ1) is 10.6. The number of hydroxylamine groups is 1. The summed E-state index contributed by atoms with van der Waals surface area (Å²) in [6.45, 7) is 5.38. The molecule has 0 fully saturated rings. The van der Waals surface area contributed by atoms with Crippen molar-refractivity contribution in [2.75, 3.05) is 0 Å². The van der Waals surface area contributed by atoms with Crippen LogP contribution in [0, 0.1) is 0 Å². The molecule has 8 nitrogen and oxygen atoms in total. The largest absolute Gasteiger partial charge is 0.473 e. The summed E-state index contributed by atoms with van der Waals surface area (Å²) in [6, 6.07) is 8.73. The number of hydrogen-bond acceptors (Lipinski definition) is 6. The van der Waals surface area contributed by atoms with Gasteiger partial charge in [-0.05, 0) is 26.3 Å². The second-order valence-electron chi connectivity index (χ2n) is 5.52. The quantitative estimate of drug-likeness (QED) is 0.367. The molecule has 0 amide bonds. The van der Waals surface area contributed by atoms with Crippen LogP contribution in [0.4, 0.5) is 0 Å². The summed E-state index contributed by atoms with van der Waals surface area (Å²) in [4.78, 5) is 29.9. The van der Waals surface area contributed by atoms with Gasteiger partial charge >= 0.3 is 17.9 Å². The van der Waals surface area contributed by atoms with Crippen LogP contribution in [0.5, 0.6) is 0 Å². The minimum atomic E-state index is -1.82. The fourth-order valence-electron chi connectivity index (χ4n) is 1.40. The van der Waals surface area contributed by atoms with E-state index in [-0.39, 0.29) is 0 Å². The lowest BCUT2D eigenvalue weighted by Gasteiger charge is -2.23. The predicted octanol–water partition coefficient (Wildman–Crippen LogP) is 1.07. The zero-order chi connectivity index (χ0) is 18.0. The van der Waals surface area contributed by atoms with Crippen LogP contribution in [0.2, 0.25) is 0 Å². The van der Waals surface area contributed by atoms with Gasteiger partial charge in [-0.15, -0.1) is 0 Å². The summed E-state index contributed by atoms with van der Waals surface area (Å²) in [7, 11) is 0. The molecule has 1 aromatic rings. The van der Waals surface area contributed by atoms with Gasteiger partial charge in [0.1, 0.15) is 11.6 Å². The first-order valence-corrected chi connectivity index (χ1v) is 6.69. The monoisotopic (exact) mass is 327 g/mol. The van der Waals surface area contributed by atoms with Crippen LogP contribution in [-0.2, 0) is 25.5 Å². The summed E-state index contributed by atoms with van der Waals surface area (Å²) < 4.78 is 5.20. The van der Waals surface area contributed by atoms with E-state index in [4.69, 9.17) is 29.7 Å². The second-order valence-corrected chi connectivity index (χ2v) is 5.52. The molecule has 0 saturated heterocycles. The normalized spacial score (nSPS) is 11.7. The highest BCUT2D eigenvalue weighted by Gasteiger charge is 2.24. The van der Waals surface area contributed by atoms with Crippen molar-refractivity contribution in [1.82, 2.24) is 5.48 Å². The van der Waals surface area contributed by atoms with Crippen molar-refractivity contribution in [1.29, 1.82) is 0 Å². The molecule has 1 rings (SSSR count). The van der Waals surface area contributed by atoms with Crippen LogP contribution in [0.3, 0.4) is 0 Å². The van der Waals surface area contributed by atoms with Crippen LogP contribution in [-0.4, -0.2) is 45.0 Å². The van der Waals surface area contributed by atoms with E-state index >= 15 is 0 Å². The molecule has 0 bridgehead atoms. The molecule has 0 aliphatic heterocycles. The van der Waals surface area contributed by atoms with Gasteiger partial charge in [-0.1, -0.05) is 30.3 Å². The van der Waals surface area contributed by atoms with E-state index in [0.29, 0.717) is 6.42 Å². The molecule has 8 heteroatoms.